The van der Waals surface area contributed by atoms with Crippen molar-refractivity contribution >= 4 is 38.1 Å². The van der Waals surface area contributed by atoms with E-state index in [1.165, 1.54) is 21.9 Å². The molecule has 4 aromatic rings. The molecule has 1 aliphatic heterocycles. The molecule has 0 amide bonds. The summed E-state index contributed by atoms with van der Waals surface area (Å²) in [6.45, 7) is 0. The minimum absolute atomic E-state index is 0.0489. The maximum atomic E-state index is 10.2. The number of hydrogen-bond acceptors (Lipinski definition) is 3. The number of aryl methyl sites for hydroxylation is 1. The smallest absolute Gasteiger partial charge is 0.173 e. The van der Waals surface area contributed by atoms with Gasteiger partial charge in [0, 0.05) is 22.8 Å². The van der Waals surface area contributed by atoms with E-state index in [0.29, 0.717) is 5.39 Å². The van der Waals surface area contributed by atoms with E-state index in [1.807, 2.05) is 18.2 Å². The predicted molar refractivity (Wildman–Crippen MR) is 89.8 cm³/mol. The van der Waals surface area contributed by atoms with E-state index in [0.717, 1.165) is 40.5 Å². The molecule has 0 bridgehead atoms. The van der Waals surface area contributed by atoms with Gasteiger partial charge in [-0.3, -0.25) is 0 Å². The van der Waals surface area contributed by atoms with Gasteiger partial charge >= 0.3 is 0 Å². The lowest BCUT2D eigenvalue weighted by atomic mass is 9.86. The van der Waals surface area contributed by atoms with E-state index >= 15 is 0 Å². The Hall–Kier alpha value is -2.94. The first-order valence-corrected chi connectivity index (χ1v) is 7.79. The van der Waals surface area contributed by atoms with Crippen molar-refractivity contribution in [3.05, 3.63) is 53.3 Å². The van der Waals surface area contributed by atoms with Gasteiger partial charge in [0.05, 0.1) is 0 Å². The minimum atomic E-state index is -0.0755. The molecule has 23 heavy (non-hydrogen) atoms. The van der Waals surface area contributed by atoms with Crippen molar-refractivity contribution in [2.75, 3.05) is 0 Å². The fourth-order valence-corrected chi connectivity index (χ4v) is 4.15. The first-order valence-electron chi connectivity index (χ1n) is 7.79. The zero-order valence-electron chi connectivity index (χ0n) is 12.2. The summed E-state index contributed by atoms with van der Waals surface area (Å²) in [4.78, 5) is 0. The summed E-state index contributed by atoms with van der Waals surface area (Å²) in [5.74, 6) is 2.03. The summed E-state index contributed by atoms with van der Waals surface area (Å²) in [5.41, 5.74) is 2.54. The molecule has 6 rings (SSSR count). The third kappa shape index (κ3) is 1.27. The molecule has 0 aromatic heterocycles. The Morgan fingerprint density at radius 3 is 2.43 bits per heavy atom. The molecule has 110 valence electrons. The summed E-state index contributed by atoms with van der Waals surface area (Å²) in [6, 6.07) is 11.9. The molecule has 0 radical (unpaired) electrons. The third-order valence-electron chi connectivity index (χ3n) is 5.22. The van der Waals surface area contributed by atoms with Gasteiger partial charge in [-0.1, -0.05) is 24.3 Å². The van der Waals surface area contributed by atoms with Gasteiger partial charge in [-0.05, 0) is 45.7 Å². The van der Waals surface area contributed by atoms with Gasteiger partial charge in [0.25, 0.3) is 0 Å². The Morgan fingerprint density at radius 2 is 1.57 bits per heavy atom. The van der Waals surface area contributed by atoms with Gasteiger partial charge in [-0.15, -0.1) is 0 Å². The van der Waals surface area contributed by atoms with E-state index in [4.69, 9.17) is 4.74 Å². The van der Waals surface area contributed by atoms with E-state index < -0.39 is 0 Å². The molecule has 0 spiro atoms. The van der Waals surface area contributed by atoms with E-state index in [1.54, 1.807) is 6.07 Å². The van der Waals surface area contributed by atoms with Crippen LogP contribution in [0.4, 0.5) is 0 Å². The fourth-order valence-electron chi connectivity index (χ4n) is 4.15. The average molecular weight is 300 g/mol. The Balaban J connectivity index is 1.92. The third-order valence-corrected chi connectivity index (χ3v) is 5.22. The lowest BCUT2D eigenvalue weighted by Crippen LogP contribution is -1.97. The topological polar surface area (TPSA) is 53.0 Å². The standard InChI is InChI=1S/C20H12O3/c21-14-8-11-2-1-9-7-10-3-6-15-20(23-15)18(10)12-4-5-13(19(14)22)17(11)16(9)12/h1-2,4-5,7-8,21-22H,3,6H2. The predicted octanol–water partition coefficient (Wildman–Crippen LogP) is 4.64. The second-order valence-corrected chi connectivity index (χ2v) is 6.43. The molecule has 0 fully saturated rings. The summed E-state index contributed by atoms with van der Waals surface area (Å²) in [7, 11) is 0. The SMILES string of the molecule is Oc1cc2ccc3cc4c(c5ccc(c1O)c2c35)C1=C(CC4)O1. The van der Waals surface area contributed by atoms with Crippen LogP contribution in [0.2, 0.25) is 0 Å². The van der Waals surface area contributed by atoms with E-state index in [9.17, 15) is 10.2 Å². The average Bonchev–Trinajstić information content (AvgIpc) is 3.35. The van der Waals surface area contributed by atoms with Crippen molar-refractivity contribution in [2.45, 2.75) is 12.8 Å². The zero-order valence-corrected chi connectivity index (χ0v) is 12.2. The van der Waals surface area contributed by atoms with Gasteiger partial charge in [0.15, 0.2) is 17.3 Å². The number of phenols is 2. The largest absolute Gasteiger partial charge is 0.504 e. The number of benzene rings is 4. The van der Waals surface area contributed by atoms with Crippen LogP contribution in [-0.4, -0.2) is 10.2 Å². The molecule has 3 nitrogen and oxygen atoms in total. The Morgan fingerprint density at radius 1 is 0.826 bits per heavy atom. The van der Waals surface area contributed by atoms with Crippen LogP contribution in [0.25, 0.3) is 38.1 Å². The first kappa shape index (κ1) is 11.6. The number of phenolic OH excluding ortho intramolecular Hbond substituents is 2. The maximum Gasteiger partial charge on any atom is 0.173 e. The molecular weight excluding hydrogens is 288 g/mol. The van der Waals surface area contributed by atoms with Crippen LogP contribution in [0, 0.1) is 0 Å². The molecule has 0 unspecified atom stereocenters. The number of ether oxygens (including phenoxy) is 1. The molecule has 4 aromatic carbocycles. The first-order chi connectivity index (χ1) is 11.2. The number of allylic oxidation sites excluding steroid dienone is 1. The van der Waals surface area contributed by atoms with Crippen molar-refractivity contribution < 1.29 is 14.9 Å². The van der Waals surface area contributed by atoms with Crippen molar-refractivity contribution in [1.82, 2.24) is 0 Å². The van der Waals surface area contributed by atoms with E-state index in [2.05, 4.69) is 12.1 Å². The molecule has 2 aliphatic rings. The second kappa shape index (κ2) is 3.51. The molecule has 0 atom stereocenters. The lowest BCUT2D eigenvalue weighted by Gasteiger charge is -2.17. The van der Waals surface area contributed by atoms with Crippen LogP contribution < -0.4 is 0 Å². The highest BCUT2D eigenvalue weighted by atomic mass is 16.6. The van der Waals surface area contributed by atoms with Gasteiger partial charge in [0.2, 0.25) is 0 Å². The highest BCUT2D eigenvalue weighted by Crippen LogP contribution is 2.51. The normalized spacial score (nSPS) is 16.0. The quantitative estimate of drug-likeness (QED) is 0.367. The maximum absolute atomic E-state index is 10.2. The van der Waals surface area contributed by atoms with Crippen molar-refractivity contribution in [2.24, 2.45) is 0 Å². The minimum Gasteiger partial charge on any atom is -0.504 e. The molecule has 0 saturated carbocycles. The van der Waals surface area contributed by atoms with Crippen LogP contribution >= 0.6 is 0 Å². The summed E-state index contributed by atoms with van der Waals surface area (Å²) >= 11 is 0. The summed E-state index contributed by atoms with van der Waals surface area (Å²) in [5, 5.41) is 26.3. The molecule has 3 heteroatoms. The van der Waals surface area contributed by atoms with Gasteiger partial charge in [-0.25, -0.2) is 0 Å². The van der Waals surface area contributed by atoms with Crippen molar-refractivity contribution in [3.8, 4) is 11.5 Å². The summed E-state index contributed by atoms with van der Waals surface area (Å²) in [6.07, 6.45) is 2.00. The van der Waals surface area contributed by atoms with Crippen LogP contribution in [0.1, 0.15) is 17.5 Å². The van der Waals surface area contributed by atoms with Crippen LogP contribution in [-0.2, 0) is 11.2 Å². The lowest BCUT2D eigenvalue weighted by molar-refractivity contribution is 0.408. The molecule has 0 saturated heterocycles. The fraction of sp³-hybridized carbons (Fsp3) is 0.100. The monoisotopic (exact) mass is 300 g/mol. The van der Waals surface area contributed by atoms with Gasteiger partial charge in [0.1, 0.15) is 5.76 Å². The second-order valence-electron chi connectivity index (χ2n) is 6.43. The highest BCUT2D eigenvalue weighted by Gasteiger charge is 2.34. The van der Waals surface area contributed by atoms with Crippen LogP contribution in [0.3, 0.4) is 0 Å². The number of aromatic hydroxyl groups is 2. The Kier molecular flexibility index (Phi) is 1.77. The van der Waals surface area contributed by atoms with Crippen LogP contribution in [0.15, 0.2) is 42.2 Å². The molecular formula is C20H12O3. The van der Waals surface area contributed by atoms with Crippen LogP contribution in [0.5, 0.6) is 11.5 Å². The van der Waals surface area contributed by atoms with Gasteiger partial charge < -0.3 is 14.9 Å². The zero-order chi connectivity index (χ0) is 15.3. The van der Waals surface area contributed by atoms with Crippen molar-refractivity contribution in [1.29, 1.82) is 0 Å². The van der Waals surface area contributed by atoms with Crippen molar-refractivity contribution in [3.63, 3.8) is 0 Å². The highest BCUT2D eigenvalue weighted by molar-refractivity contribution is 6.26. The number of hydrogen-bond donors (Lipinski definition) is 2. The van der Waals surface area contributed by atoms with Gasteiger partial charge in [-0.2, -0.15) is 0 Å². The Bertz CT molecular complexity index is 1200. The summed E-state index contributed by atoms with van der Waals surface area (Å²) < 4.78 is 5.68. The molecule has 1 heterocycles. The Labute approximate surface area is 131 Å². The molecule has 1 aliphatic carbocycles. The number of fused-ring (bicyclic) bond motifs is 3. The van der Waals surface area contributed by atoms with E-state index in [-0.39, 0.29) is 11.5 Å². The number of rotatable bonds is 0. The molecule has 2 N–H and O–H groups in total.